The largest absolute Gasteiger partial charge is 0.317 e. The molecule has 0 aromatic carbocycles. The van der Waals surface area contributed by atoms with E-state index in [4.69, 9.17) is 0 Å². The maximum absolute atomic E-state index is 3.46. The quantitative estimate of drug-likeness (QED) is 0.648. The van der Waals surface area contributed by atoms with Crippen molar-refractivity contribution in [3.05, 3.63) is 0 Å². The zero-order chi connectivity index (χ0) is 11.6. The molecule has 0 aromatic heterocycles. The van der Waals surface area contributed by atoms with Gasteiger partial charge >= 0.3 is 0 Å². The molecule has 0 aromatic rings. The average molecular weight is 214 g/mol. The highest BCUT2D eigenvalue weighted by atomic mass is 15.0. The Labute approximate surface area is 96.2 Å². The minimum atomic E-state index is 0.700. The average Bonchev–Trinajstić information content (AvgIpc) is 2.72. The molecule has 0 aliphatic carbocycles. The van der Waals surface area contributed by atoms with E-state index in [-0.39, 0.29) is 0 Å². The monoisotopic (exact) mass is 214 g/mol. The molecule has 2 rings (SSSR count). The molecule has 0 saturated carbocycles. The van der Waals surface area contributed by atoms with Crippen LogP contribution in [-0.2, 0) is 0 Å². The van der Waals surface area contributed by atoms with Crippen molar-refractivity contribution in [3.8, 4) is 0 Å². The van der Waals surface area contributed by atoms with E-state index in [1.807, 2.05) is 13.8 Å². The second-order valence-electron chi connectivity index (χ2n) is 4.38. The molecule has 2 saturated heterocycles. The zero-order valence-corrected chi connectivity index (χ0v) is 11.2. The molecule has 2 fully saturated rings. The van der Waals surface area contributed by atoms with Crippen LogP contribution in [0, 0.1) is 5.41 Å². The van der Waals surface area contributed by atoms with Gasteiger partial charge in [0.05, 0.1) is 0 Å². The minimum absolute atomic E-state index is 0.700. The van der Waals surface area contributed by atoms with Gasteiger partial charge in [-0.05, 0) is 44.3 Å². The third-order valence-corrected chi connectivity index (χ3v) is 3.00. The molecule has 2 aliphatic heterocycles. The van der Waals surface area contributed by atoms with Crippen molar-refractivity contribution in [3.63, 3.8) is 0 Å². The summed E-state index contributed by atoms with van der Waals surface area (Å²) in [6, 6.07) is 0. The lowest BCUT2D eigenvalue weighted by Gasteiger charge is -2.32. The molecule has 15 heavy (non-hydrogen) atoms. The first kappa shape index (κ1) is 14.9. The van der Waals surface area contributed by atoms with Crippen LogP contribution in [0.3, 0.4) is 0 Å². The molecule has 2 heterocycles. The lowest BCUT2D eigenvalue weighted by atomic mass is 9.78. The zero-order valence-electron chi connectivity index (χ0n) is 11.2. The van der Waals surface area contributed by atoms with E-state index < -0.39 is 0 Å². The second-order valence-corrected chi connectivity index (χ2v) is 4.38. The Morgan fingerprint density at radius 1 is 0.867 bits per heavy atom. The molecular formula is C13H30N2. The summed E-state index contributed by atoms with van der Waals surface area (Å²) in [5, 5.41) is 6.86. The van der Waals surface area contributed by atoms with Gasteiger partial charge in [0.2, 0.25) is 0 Å². The fraction of sp³-hybridized carbons (Fsp3) is 1.00. The van der Waals surface area contributed by atoms with E-state index >= 15 is 0 Å². The molecule has 2 N–H and O–H groups in total. The highest BCUT2D eigenvalue weighted by Gasteiger charge is 2.34. The Balaban J connectivity index is 0.000000342. The third-order valence-electron chi connectivity index (χ3n) is 3.00. The van der Waals surface area contributed by atoms with Crippen LogP contribution in [0.5, 0.6) is 0 Å². The molecule has 2 aliphatic rings. The standard InChI is InChI=1S/C8H16N2.C3H8.C2H6/c1-4-9-5-2-8(1)3-6-10-7-8;1-3-2;1-2/h9-10H,1-7H2;3H2,1-2H3;1-2H3. The van der Waals surface area contributed by atoms with E-state index in [0.717, 1.165) is 0 Å². The maximum Gasteiger partial charge on any atom is 0.000924 e. The van der Waals surface area contributed by atoms with Gasteiger partial charge in [-0.2, -0.15) is 0 Å². The fourth-order valence-corrected chi connectivity index (χ4v) is 2.18. The molecule has 0 amide bonds. The summed E-state index contributed by atoms with van der Waals surface area (Å²) >= 11 is 0. The SMILES string of the molecule is C1CC2(CCN1)CCNC2.CC.CCC. The highest BCUT2D eigenvalue weighted by molar-refractivity contribution is 4.90. The summed E-state index contributed by atoms with van der Waals surface area (Å²) in [5.41, 5.74) is 0.700. The molecule has 0 unspecified atom stereocenters. The summed E-state index contributed by atoms with van der Waals surface area (Å²) in [7, 11) is 0. The van der Waals surface area contributed by atoms with Gasteiger partial charge in [0, 0.05) is 6.54 Å². The highest BCUT2D eigenvalue weighted by Crippen LogP contribution is 2.34. The smallest absolute Gasteiger partial charge is 0.000924 e. The van der Waals surface area contributed by atoms with Crippen LogP contribution >= 0.6 is 0 Å². The predicted octanol–water partition coefficient (Wildman–Crippen LogP) is 2.79. The van der Waals surface area contributed by atoms with Crippen molar-refractivity contribution in [1.82, 2.24) is 10.6 Å². The van der Waals surface area contributed by atoms with Gasteiger partial charge in [-0.3, -0.25) is 0 Å². The lowest BCUT2D eigenvalue weighted by molar-refractivity contribution is 0.229. The first-order valence-corrected chi connectivity index (χ1v) is 6.74. The Morgan fingerprint density at radius 2 is 1.27 bits per heavy atom. The van der Waals surface area contributed by atoms with Crippen molar-refractivity contribution >= 4 is 0 Å². The van der Waals surface area contributed by atoms with Gasteiger partial charge in [-0.15, -0.1) is 0 Å². The van der Waals surface area contributed by atoms with Crippen LogP contribution in [0.2, 0.25) is 0 Å². The number of nitrogens with one attached hydrogen (secondary N) is 2. The number of hydrogen-bond donors (Lipinski definition) is 2. The normalized spacial score (nSPS) is 22.4. The molecular weight excluding hydrogens is 184 g/mol. The summed E-state index contributed by atoms with van der Waals surface area (Å²) in [4.78, 5) is 0. The van der Waals surface area contributed by atoms with Crippen LogP contribution in [0.1, 0.15) is 53.4 Å². The molecule has 92 valence electrons. The molecule has 2 heteroatoms. The van der Waals surface area contributed by atoms with Crippen LogP contribution in [0.25, 0.3) is 0 Å². The Kier molecular flexibility index (Phi) is 9.12. The van der Waals surface area contributed by atoms with E-state index in [1.165, 1.54) is 51.9 Å². The molecule has 0 bridgehead atoms. The lowest BCUT2D eigenvalue weighted by Crippen LogP contribution is -2.37. The number of piperidine rings is 1. The van der Waals surface area contributed by atoms with Gasteiger partial charge in [-0.25, -0.2) is 0 Å². The molecule has 0 radical (unpaired) electrons. The van der Waals surface area contributed by atoms with Gasteiger partial charge in [0.25, 0.3) is 0 Å². The Hall–Kier alpha value is -0.0800. The summed E-state index contributed by atoms with van der Waals surface area (Å²) < 4.78 is 0. The van der Waals surface area contributed by atoms with Gasteiger partial charge < -0.3 is 10.6 Å². The number of hydrogen-bond acceptors (Lipinski definition) is 2. The van der Waals surface area contributed by atoms with Crippen LogP contribution in [0.4, 0.5) is 0 Å². The summed E-state index contributed by atoms with van der Waals surface area (Å²) in [5.74, 6) is 0. The van der Waals surface area contributed by atoms with Crippen LogP contribution in [0.15, 0.2) is 0 Å². The Bertz CT molecular complexity index is 120. The van der Waals surface area contributed by atoms with E-state index in [9.17, 15) is 0 Å². The van der Waals surface area contributed by atoms with E-state index in [0.29, 0.717) is 5.41 Å². The van der Waals surface area contributed by atoms with Crippen molar-refractivity contribution < 1.29 is 0 Å². The topological polar surface area (TPSA) is 24.1 Å². The van der Waals surface area contributed by atoms with Crippen molar-refractivity contribution in [2.45, 2.75) is 53.4 Å². The van der Waals surface area contributed by atoms with Gasteiger partial charge in [0.15, 0.2) is 0 Å². The molecule has 2 nitrogen and oxygen atoms in total. The van der Waals surface area contributed by atoms with Crippen molar-refractivity contribution in [2.75, 3.05) is 26.2 Å². The minimum Gasteiger partial charge on any atom is -0.317 e. The van der Waals surface area contributed by atoms with E-state index in [2.05, 4.69) is 24.5 Å². The van der Waals surface area contributed by atoms with E-state index in [1.54, 1.807) is 0 Å². The first-order valence-electron chi connectivity index (χ1n) is 6.74. The van der Waals surface area contributed by atoms with Gasteiger partial charge in [-0.1, -0.05) is 34.1 Å². The number of rotatable bonds is 0. The predicted molar refractivity (Wildman–Crippen MR) is 69.3 cm³/mol. The summed E-state index contributed by atoms with van der Waals surface area (Å²) in [6.07, 6.45) is 5.44. The van der Waals surface area contributed by atoms with Crippen molar-refractivity contribution in [1.29, 1.82) is 0 Å². The Morgan fingerprint density at radius 3 is 1.67 bits per heavy atom. The van der Waals surface area contributed by atoms with Crippen LogP contribution in [-0.4, -0.2) is 26.2 Å². The molecule has 0 atom stereocenters. The van der Waals surface area contributed by atoms with Crippen molar-refractivity contribution in [2.24, 2.45) is 5.41 Å². The summed E-state index contributed by atoms with van der Waals surface area (Å²) in [6.45, 7) is 13.2. The molecule has 1 spiro atoms. The van der Waals surface area contributed by atoms with Gasteiger partial charge in [0.1, 0.15) is 0 Å². The fourth-order valence-electron chi connectivity index (χ4n) is 2.18. The van der Waals surface area contributed by atoms with Crippen LogP contribution < -0.4 is 10.6 Å². The third kappa shape index (κ3) is 5.53. The maximum atomic E-state index is 3.46. The second kappa shape index (κ2) is 9.17. The first-order chi connectivity index (χ1) is 7.33.